The van der Waals surface area contributed by atoms with E-state index in [-0.39, 0.29) is 17.2 Å². The van der Waals surface area contributed by atoms with Gasteiger partial charge in [-0.2, -0.15) is 5.10 Å². The maximum Gasteiger partial charge on any atom is 0.261 e. The van der Waals surface area contributed by atoms with Crippen LogP contribution in [0, 0.1) is 0 Å². The minimum absolute atomic E-state index is 0.134. The number of carbonyl (C=O) groups excluding carboxylic acids is 1. The van der Waals surface area contributed by atoms with Crippen LogP contribution >= 0.6 is 0 Å². The molecule has 1 amide bonds. The molecule has 1 N–H and O–H groups in total. The highest BCUT2D eigenvalue weighted by Crippen LogP contribution is 2.25. The number of carbonyl (C=O) groups is 1. The van der Waals surface area contributed by atoms with Crippen LogP contribution in [0.1, 0.15) is 13.3 Å². The van der Waals surface area contributed by atoms with E-state index < -0.39 is 10.0 Å². The highest BCUT2D eigenvalue weighted by molar-refractivity contribution is 7.92. The third-order valence-electron chi connectivity index (χ3n) is 3.31. The summed E-state index contributed by atoms with van der Waals surface area (Å²) in [6.07, 6.45) is 0.278. The second-order valence-electron chi connectivity index (χ2n) is 5.19. The maximum atomic E-state index is 12.3. The SMILES string of the molecule is CC1=NN(c2cccc(NS(=O)(=O)c3ccccc3)c2)C(=O)C1. The van der Waals surface area contributed by atoms with Crippen LogP contribution < -0.4 is 9.73 Å². The smallest absolute Gasteiger partial charge is 0.261 e. The zero-order valence-corrected chi connectivity index (χ0v) is 13.2. The summed E-state index contributed by atoms with van der Waals surface area (Å²) < 4.78 is 27.2. The van der Waals surface area contributed by atoms with Crippen LogP contribution in [0.2, 0.25) is 0 Å². The molecule has 0 radical (unpaired) electrons. The molecular formula is C16H15N3O3S. The Morgan fingerprint density at radius 2 is 1.83 bits per heavy atom. The van der Waals surface area contributed by atoms with Crippen molar-refractivity contribution >= 4 is 33.0 Å². The summed E-state index contributed by atoms with van der Waals surface area (Å²) in [5.41, 5.74) is 1.63. The molecule has 0 saturated carbocycles. The molecule has 2 aromatic rings. The summed E-state index contributed by atoms with van der Waals surface area (Å²) in [5.74, 6) is -0.134. The number of amides is 1. The maximum absolute atomic E-state index is 12.3. The van der Waals surface area contributed by atoms with Crippen molar-refractivity contribution in [2.24, 2.45) is 5.10 Å². The molecule has 0 spiro atoms. The van der Waals surface area contributed by atoms with Crippen molar-refractivity contribution in [3.63, 3.8) is 0 Å². The Bertz CT molecular complexity index is 876. The van der Waals surface area contributed by atoms with Crippen molar-refractivity contribution in [2.75, 3.05) is 9.73 Å². The quantitative estimate of drug-likeness (QED) is 0.936. The number of hydrogen-bond donors (Lipinski definition) is 1. The molecule has 1 aliphatic heterocycles. The zero-order valence-electron chi connectivity index (χ0n) is 12.4. The molecule has 0 bridgehead atoms. The van der Waals surface area contributed by atoms with E-state index in [1.165, 1.54) is 17.1 Å². The third-order valence-corrected chi connectivity index (χ3v) is 4.71. The number of hydrazone groups is 1. The number of benzene rings is 2. The standard InChI is InChI=1S/C16H15N3O3S/c1-12-10-16(20)19(17-12)14-7-5-6-13(11-14)18-23(21,22)15-8-3-2-4-9-15/h2-9,11,18H,10H2,1H3. The summed E-state index contributed by atoms with van der Waals surface area (Å²) in [4.78, 5) is 12.1. The van der Waals surface area contributed by atoms with E-state index in [2.05, 4.69) is 9.82 Å². The van der Waals surface area contributed by atoms with E-state index in [9.17, 15) is 13.2 Å². The lowest BCUT2D eigenvalue weighted by Gasteiger charge is -2.14. The van der Waals surface area contributed by atoms with E-state index in [0.717, 1.165) is 5.71 Å². The predicted molar refractivity (Wildman–Crippen MR) is 88.9 cm³/mol. The van der Waals surface area contributed by atoms with Gasteiger partial charge in [-0.1, -0.05) is 24.3 Å². The highest BCUT2D eigenvalue weighted by Gasteiger charge is 2.23. The Labute approximate surface area is 134 Å². The predicted octanol–water partition coefficient (Wildman–Crippen LogP) is 2.60. The molecule has 1 aliphatic rings. The Morgan fingerprint density at radius 3 is 2.48 bits per heavy atom. The summed E-state index contributed by atoms with van der Waals surface area (Å²) in [7, 11) is -3.67. The average Bonchev–Trinajstić information content (AvgIpc) is 2.87. The van der Waals surface area contributed by atoms with Crippen molar-refractivity contribution in [3.05, 3.63) is 54.6 Å². The van der Waals surface area contributed by atoms with Crippen molar-refractivity contribution in [1.82, 2.24) is 0 Å². The first kappa shape index (κ1) is 15.2. The lowest BCUT2D eigenvalue weighted by molar-refractivity contribution is -0.116. The lowest BCUT2D eigenvalue weighted by Crippen LogP contribution is -2.20. The van der Waals surface area contributed by atoms with Crippen molar-refractivity contribution in [2.45, 2.75) is 18.2 Å². The molecule has 0 saturated heterocycles. The number of rotatable bonds is 4. The highest BCUT2D eigenvalue weighted by atomic mass is 32.2. The van der Waals surface area contributed by atoms with Crippen LogP contribution in [-0.2, 0) is 14.8 Å². The van der Waals surface area contributed by atoms with Crippen LogP contribution in [0.25, 0.3) is 0 Å². The molecule has 1 heterocycles. The first-order chi connectivity index (χ1) is 11.0. The summed E-state index contributed by atoms with van der Waals surface area (Å²) >= 11 is 0. The Hall–Kier alpha value is -2.67. The molecule has 0 fully saturated rings. The van der Waals surface area contributed by atoms with E-state index in [0.29, 0.717) is 11.4 Å². The topological polar surface area (TPSA) is 78.8 Å². The molecular weight excluding hydrogens is 314 g/mol. The average molecular weight is 329 g/mol. The van der Waals surface area contributed by atoms with Gasteiger partial charge < -0.3 is 0 Å². The third kappa shape index (κ3) is 3.24. The normalized spacial score (nSPS) is 14.7. The number of anilines is 2. The lowest BCUT2D eigenvalue weighted by atomic mass is 10.2. The monoisotopic (exact) mass is 329 g/mol. The molecule has 0 atom stereocenters. The molecule has 23 heavy (non-hydrogen) atoms. The number of nitrogens with one attached hydrogen (secondary N) is 1. The first-order valence-electron chi connectivity index (χ1n) is 7.01. The van der Waals surface area contributed by atoms with Gasteiger partial charge >= 0.3 is 0 Å². The molecule has 0 unspecified atom stereocenters. The van der Waals surface area contributed by atoms with Gasteiger partial charge in [0, 0.05) is 5.71 Å². The molecule has 0 aromatic heterocycles. The van der Waals surface area contributed by atoms with Crippen molar-refractivity contribution < 1.29 is 13.2 Å². The van der Waals surface area contributed by atoms with Crippen LogP contribution in [0.15, 0.2) is 64.6 Å². The molecule has 3 rings (SSSR count). The van der Waals surface area contributed by atoms with Gasteiger partial charge in [0.1, 0.15) is 0 Å². The van der Waals surface area contributed by atoms with E-state index in [1.807, 2.05) is 0 Å². The van der Waals surface area contributed by atoms with Gasteiger partial charge in [-0.25, -0.2) is 13.4 Å². The second-order valence-corrected chi connectivity index (χ2v) is 6.87. The van der Waals surface area contributed by atoms with E-state index >= 15 is 0 Å². The number of hydrogen-bond acceptors (Lipinski definition) is 4. The van der Waals surface area contributed by atoms with Crippen molar-refractivity contribution in [3.8, 4) is 0 Å². The Morgan fingerprint density at radius 1 is 1.09 bits per heavy atom. The summed E-state index contributed by atoms with van der Waals surface area (Å²) in [6.45, 7) is 1.78. The second kappa shape index (κ2) is 5.85. The minimum atomic E-state index is -3.67. The van der Waals surface area contributed by atoms with Gasteiger partial charge in [0.15, 0.2) is 0 Å². The van der Waals surface area contributed by atoms with Gasteiger partial charge in [-0.15, -0.1) is 0 Å². The van der Waals surface area contributed by atoms with Gasteiger partial charge in [0.05, 0.1) is 22.7 Å². The van der Waals surface area contributed by atoms with Crippen LogP contribution in [0.5, 0.6) is 0 Å². The Balaban J connectivity index is 1.88. The largest absolute Gasteiger partial charge is 0.280 e. The molecule has 118 valence electrons. The molecule has 7 heteroatoms. The summed E-state index contributed by atoms with van der Waals surface area (Å²) in [5, 5.41) is 5.45. The number of nitrogens with zero attached hydrogens (tertiary/aromatic N) is 2. The van der Waals surface area contributed by atoms with Crippen LogP contribution in [0.4, 0.5) is 11.4 Å². The van der Waals surface area contributed by atoms with E-state index in [1.54, 1.807) is 49.4 Å². The molecule has 0 aliphatic carbocycles. The first-order valence-corrected chi connectivity index (χ1v) is 8.49. The van der Waals surface area contributed by atoms with Gasteiger partial charge in [-0.3, -0.25) is 9.52 Å². The van der Waals surface area contributed by atoms with E-state index in [4.69, 9.17) is 0 Å². The Kier molecular flexibility index (Phi) is 3.87. The number of sulfonamides is 1. The fourth-order valence-electron chi connectivity index (χ4n) is 2.27. The van der Waals surface area contributed by atoms with Gasteiger partial charge in [0.2, 0.25) is 0 Å². The molecule has 2 aromatic carbocycles. The fraction of sp³-hybridized carbons (Fsp3) is 0.125. The van der Waals surface area contributed by atoms with Crippen LogP contribution in [0.3, 0.4) is 0 Å². The van der Waals surface area contributed by atoms with Gasteiger partial charge in [-0.05, 0) is 37.3 Å². The summed E-state index contributed by atoms with van der Waals surface area (Å²) in [6, 6.07) is 14.7. The fourth-order valence-corrected chi connectivity index (χ4v) is 3.34. The van der Waals surface area contributed by atoms with Crippen LogP contribution in [-0.4, -0.2) is 20.0 Å². The minimum Gasteiger partial charge on any atom is -0.280 e. The van der Waals surface area contributed by atoms with Gasteiger partial charge in [0.25, 0.3) is 15.9 Å². The van der Waals surface area contributed by atoms with Crippen molar-refractivity contribution in [1.29, 1.82) is 0 Å². The zero-order chi connectivity index (χ0) is 16.4. The molecule has 6 nitrogen and oxygen atoms in total.